The molecule has 4 atom stereocenters. The lowest BCUT2D eigenvalue weighted by Crippen LogP contribution is -2.58. The van der Waals surface area contributed by atoms with Gasteiger partial charge >= 0.3 is 6.18 Å². The molecule has 3 aliphatic rings. The molecular weight excluding hydrogens is 289 g/mol. The molecule has 0 unspecified atom stereocenters. The first-order chi connectivity index (χ1) is 9.92. The molecule has 2 bridgehead atoms. The molecule has 0 aromatic heterocycles. The number of alkyl halides is 3. The molecule has 0 aromatic rings. The highest BCUT2D eigenvalue weighted by Gasteiger charge is 2.43. The second-order valence-corrected chi connectivity index (χ2v) is 5.90. The van der Waals surface area contributed by atoms with E-state index in [0.717, 1.165) is 24.2 Å². The molecule has 3 heterocycles. The van der Waals surface area contributed by atoms with Crippen LogP contribution < -0.4 is 5.32 Å². The topological polar surface area (TPSA) is 50.8 Å². The van der Waals surface area contributed by atoms with Gasteiger partial charge in [-0.05, 0) is 19.3 Å². The summed E-state index contributed by atoms with van der Waals surface area (Å²) < 4.78 is 48.5. The number of carbonyl (C=O) groups is 1. The minimum atomic E-state index is -4.31. The lowest BCUT2D eigenvalue weighted by atomic mass is 9.95. The van der Waals surface area contributed by atoms with Gasteiger partial charge in [0.2, 0.25) is 5.91 Å². The maximum atomic E-state index is 12.6. The molecule has 3 fully saturated rings. The molecule has 21 heavy (non-hydrogen) atoms. The quantitative estimate of drug-likeness (QED) is 0.833. The molecule has 120 valence electrons. The van der Waals surface area contributed by atoms with Crippen LogP contribution in [0.2, 0.25) is 0 Å². The van der Waals surface area contributed by atoms with E-state index in [1.54, 1.807) is 0 Å². The molecule has 1 N–H and O–H groups in total. The van der Waals surface area contributed by atoms with Gasteiger partial charge in [-0.1, -0.05) is 0 Å². The van der Waals surface area contributed by atoms with Crippen molar-refractivity contribution in [2.24, 2.45) is 0 Å². The zero-order chi connectivity index (χ0) is 15.0. The smallest absolute Gasteiger partial charge is 0.378 e. The van der Waals surface area contributed by atoms with Gasteiger partial charge < -0.3 is 14.8 Å². The molecule has 0 spiro atoms. The van der Waals surface area contributed by atoms with Crippen LogP contribution in [0.3, 0.4) is 0 Å². The first-order valence-electron chi connectivity index (χ1n) is 7.27. The van der Waals surface area contributed by atoms with E-state index in [9.17, 15) is 18.0 Å². The fraction of sp³-hybridized carbons (Fsp3) is 0.923. The molecule has 3 rings (SSSR count). The summed E-state index contributed by atoms with van der Waals surface area (Å²) in [6, 6.07) is -0.953. The summed E-state index contributed by atoms with van der Waals surface area (Å²) in [4.78, 5) is 13.4. The molecule has 3 aliphatic heterocycles. The first-order valence-corrected chi connectivity index (χ1v) is 7.27. The second kappa shape index (κ2) is 5.73. The van der Waals surface area contributed by atoms with Crippen LogP contribution in [0, 0.1) is 0 Å². The normalized spacial score (nSPS) is 36.9. The Morgan fingerprint density at radius 3 is 2.76 bits per heavy atom. The number of halogens is 3. The van der Waals surface area contributed by atoms with E-state index >= 15 is 0 Å². The number of amides is 1. The first kappa shape index (κ1) is 15.1. The molecular formula is C13H19F3N2O3. The largest absolute Gasteiger partial charge is 0.401 e. The zero-order valence-corrected chi connectivity index (χ0v) is 11.6. The van der Waals surface area contributed by atoms with E-state index in [4.69, 9.17) is 9.47 Å². The molecule has 0 aliphatic carbocycles. The number of rotatable bonds is 3. The molecule has 3 saturated heterocycles. The van der Waals surface area contributed by atoms with Crippen LogP contribution in [0.5, 0.6) is 0 Å². The number of nitrogens with one attached hydrogen (secondary N) is 1. The Kier molecular flexibility index (Phi) is 4.11. The van der Waals surface area contributed by atoms with Crippen molar-refractivity contribution >= 4 is 5.91 Å². The summed E-state index contributed by atoms with van der Waals surface area (Å²) in [6.45, 7) is -0.743. The van der Waals surface area contributed by atoms with Gasteiger partial charge in [-0.25, -0.2) is 0 Å². The minimum Gasteiger partial charge on any atom is -0.378 e. The highest BCUT2D eigenvalue weighted by Crippen LogP contribution is 2.34. The van der Waals surface area contributed by atoms with E-state index < -0.39 is 18.8 Å². The van der Waals surface area contributed by atoms with Crippen molar-refractivity contribution in [3.63, 3.8) is 0 Å². The van der Waals surface area contributed by atoms with Crippen LogP contribution >= 0.6 is 0 Å². The number of ether oxygens (including phenoxy) is 2. The van der Waals surface area contributed by atoms with Crippen molar-refractivity contribution in [1.29, 1.82) is 0 Å². The van der Waals surface area contributed by atoms with E-state index in [0.29, 0.717) is 0 Å². The fourth-order valence-electron chi connectivity index (χ4n) is 3.37. The average molecular weight is 308 g/mol. The Labute approximate surface area is 120 Å². The molecule has 5 nitrogen and oxygen atoms in total. The molecule has 8 heteroatoms. The third-order valence-corrected chi connectivity index (χ3v) is 4.36. The molecule has 1 amide bonds. The molecule has 0 aromatic carbocycles. The van der Waals surface area contributed by atoms with Gasteiger partial charge in [-0.2, -0.15) is 13.2 Å². The van der Waals surface area contributed by atoms with Gasteiger partial charge in [0.05, 0.1) is 38.0 Å². The number of carbonyl (C=O) groups excluding carboxylic acids is 1. The van der Waals surface area contributed by atoms with Gasteiger partial charge in [-0.15, -0.1) is 0 Å². The Hall–Kier alpha value is -0.860. The SMILES string of the molecule is O=C(N[C@H]1C[C@H]2CC[C@H]1O2)[C@H]1COCCN1CC(F)(F)F. The lowest BCUT2D eigenvalue weighted by Gasteiger charge is -2.35. The van der Waals surface area contributed by atoms with E-state index in [-0.39, 0.29) is 43.9 Å². The highest BCUT2D eigenvalue weighted by atomic mass is 19.4. The summed E-state index contributed by atoms with van der Waals surface area (Å²) in [5.41, 5.74) is 0. The third-order valence-electron chi connectivity index (χ3n) is 4.36. The van der Waals surface area contributed by atoms with Crippen LogP contribution in [-0.2, 0) is 14.3 Å². The van der Waals surface area contributed by atoms with E-state index in [2.05, 4.69) is 5.32 Å². The van der Waals surface area contributed by atoms with Crippen LogP contribution in [0.1, 0.15) is 19.3 Å². The highest BCUT2D eigenvalue weighted by molar-refractivity contribution is 5.82. The van der Waals surface area contributed by atoms with Crippen molar-refractivity contribution in [2.75, 3.05) is 26.3 Å². The molecule has 0 radical (unpaired) electrons. The van der Waals surface area contributed by atoms with Crippen LogP contribution in [0.15, 0.2) is 0 Å². The summed E-state index contributed by atoms with van der Waals surface area (Å²) in [5.74, 6) is -0.389. The zero-order valence-electron chi connectivity index (χ0n) is 11.6. The van der Waals surface area contributed by atoms with Gasteiger partial charge in [0.25, 0.3) is 0 Å². The lowest BCUT2D eigenvalue weighted by molar-refractivity contribution is -0.167. The summed E-state index contributed by atoms with van der Waals surface area (Å²) in [6.07, 6.45) is -1.45. The predicted octanol–water partition coefficient (Wildman–Crippen LogP) is 0.686. The van der Waals surface area contributed by atoms with Gasteiger partial charge in [-0.3, -0.25) is 9.69 Å². The van der Waals surface area contributed by atoms with Crippen molar-refractivity contribution in [2.45, 2.75) is 49.7 Å². The Balaban J connectivity index is 1.59. The van der Waals surface area contributed by atoms with E-state index in [1.165, 1.54) is 0 Å². The monoisotopic (exact) mass is 308 g/mol. The second-order valence-electron chi connectivity index (χ2n) is 5.90. The van der Waals surface area contributed by atoms with Crippen molar-refractivity contribution in [1.82, 2.24) is 10.2 Å². The Morgan fingerprint density at radius 1 is 1.33 bits per heavy atom. The summed E-state index contributed by atoms with van der Waals surface area (Å²) in [7, 11) is 0. The fourth-order valence-corrected chi connectivity index (χ4v) is 3.37. The number of hydrogen-bond donors (Lipinski definition) is 1. The van der Waals surface area contributed by atoms with Gasteiger partial charge in [0, 0.05) is 6.54 Å². The number of hydrogen-bond acceptors (Lipinski definition) is 4. The van der Waals surface area contributed by atoms with Crippen LogP contribution in [0.25, 0.3) is 0 Å². The van der Waals surface area contributed by atoms with E-state index in [1.807, 2.05) is 0 Å². The standard InChI is InChI=1S/C13H19F3N2O3/c14-13(15,16)7-18-3-4-20-6-10(18)12(19)17-9-5-8-1-2-11(9)21-8/h8-11H,1-7H2,(H,17,19)/t8-,9+,10-,11-/m1/s1. The Bertz CT molecular complexity index is 405. The maximum absolute atomic E-state index is 12.6. The number of fused-ring (bicyclic) bond motifs is 2. The molecule has 0 saturated carbocycles. The van der Waals surface area contributed by atoms with Crippen molar-refractivity contribution < 1.29 is 27.4 Å². The van der Waals surface area contributed by atoms with Crippen LogP contribution in [0.4, 0.5) is 13.2 Å². The number of morpholine rings is 1. The van der Waals surface area contributed by atoms with Crippen molar-refractivity contribution in [3.8, 4) is 0 Å². The van der Waals surface area contributed by atoms with Gasteiger partial charge in [0.1, 0.15) is 6.04 Å². The minimum absolute atomic E-state index is 0.00356. The predicted molar refractivity (Wildman–Crippen MR) is 66.7 cm³/mol. The van der Waals surface area contributed by atoms with Gasteiger partial charge in [0.15, 0.2) is 0 Å². The summed E-state index contributed by atoms with van der Waals surface area (Å²) in [5, 5.41) is 2.84. The average Bonchev–Trinajstić information content (AvgIpc) is 2.99. The van der Waals surface area contributed by atoms with Crippen LogP contribution in [-0.4, -0.2) is 67.6 Å². The summed E-state index contributed by atoms with van der Waals surface area (Å²) >= 11 is 0. The maximum Gasteiger partial charge on any atom is 0.401 e. The third kappa shape index (κ3) is 3.49. The van der Waals surface area contributed by atoms with Crippen molar-refractivity contribution in [3.05, 3.63) is 0 Å². The Morgan fingerprint density at radius 2 is 2.14 bits per heavy atom. The number of nitrogens with zero attached hydrogens (tertiary/aromatic N) is 1.